The topological polar surface area (TPSA) is 114 Å². The molecule has 0 aliphatic carbocycles. The summed E-state index contributed by atoms with van der Waals surface area (Å²) in [6.07, 6.45) is 1.63. The fourth-order valence-corrected chi connectivity index (χ4v) is 1.79. The van der Waals surface area contributed by atoms with Crippen LogP contribution in [0.4, 0.5) is 5.69 Å². The van der Waals surface area contributed by atoms with Crippen LogP contribution < -0.4 is 5.32 Å². The fraction of sp³-hybridized carbons (Fsp3) is 0.308. The first kappa shape index (κ1) is 14.6. The number of aryl methyl sites for hydroxylation is 1. The van der Waals surface area contributed by atoms with Crippen molar-refractivity contribution >= 4 is 11.6 Å². The second kappa shape index (κ2) is 6.60. The van der Waals surface area contributed by atoms with Gasteiger partial charge in [0.1, 0.15) is 5.82 Å². The molecule has 1 aromatic carbocycles. The summed E-state index contributed by atoms with van der Waals surface area (Å²) < 4.78 is 0. The lowest BCUT2D eigenvalue weighted by molar-refractivity contribution is -0.384. The summed E-state index contributed by atoms with van der Waals surface area (Å²) in [7, 11) is 0. The maximum absolute atomic E-state index is 11.9. The van der Waals surface area contributed by atoms with Crippen molar-refractivity contribution < 1.29 is 9.72 Å². The molecule has 0 aliphatic heterocycles. The standard InChI is InChI=1S/C13H15N5O3/c1-2-4-11-15-12(17-16-11)13(19)14-8-9-5-3-6-10(7-9)18(20)21/h3,5-7H,2,4,8H2,1H3,(H,14,19)(H,15,16,17). The molecule has 2 rings (SSSR count). The predicted octanol–water partition coefficient (Wildman–Crippen LogP) is 1.60. The van der Waals surface area contributed by atoms with E-state index in [0.29, 0.717) is 11.4 Å². The van der Waals surface area contributed by atoms with Crippen LogP contribution >= 0.6 is 0 Å². The molecule has 0 fully saturated rings. The second-order valence-corrected chi connectivity index (χ2v) is 4.47. The van der Waals surface area contributed by atoms with E-state index in [4.69, 9.17) is 0 Å². The number of H-pyrrole nitrogens is 1. The number of rotatable bonds is 6. The summed E-state index contributed by atoms with van der Waals surface area (Å²) in [5.74, 6) is 0.321. The molecule has 0 aliphatic rings. The fourth-order valence-electron chi connectivity index (χ4n) is 1.79. The highest BCUT2D eigenvalue weighted by molar-refractivity contribution is 5.90. The number of non-ortho nitro benzene ring substituents is 1. The zero-order valence-electron chi connectivity index (χ0n) is 11.5. The number of nitro groups is 1. The smallest absolute Gasteiger partial charge is 0.291 e. The summed E-state index contributed by atoms with van der Waals surface area (Å²) in [6.45, 7) is 2.18. The summed E-state index contributed by atoms with van der Waals surface area (Å²) in [6, 6.07) is 6.10. The van der Waals surface area contributed by atoms with Crippen LogP contribution in [0.5, 0.6) is 0 Å². The minimum absolute atomic E-state index is 0.00937. The van der Waals surface area contributed by atoms with Crippen LogP contribution in [0, 0.1) is 10.1 Å². The van der Waals surface area contributed by atoms with Crippen molar-refractivity contribution in [2.75, 3.05) is 0 Å². The Morgan fingerprint density at radius 1 is 1.48 bits per heavy atom. The van der Waals surface area contributed by atoms with Gasteiger partial charge in [0.2, 0.25) is 5.82 Å². The van der Waals surface area contributed by atoms with Crippen LogP contribution in [0.25, 0.3) is 0 Å². The van der Waals surface area contributed by atoms with Gasteiger partial charge in [0, 0.05) is 25.1 Å². The molecule has 2 N–H and O–H groups in total. The van der Waals surface area contributed by atoms with Crippen molar-refractivity contribution in [1.29, 1.82) is 0 Å². The number of hydrogen-bond donors (Lipinski definition) is 2. The SMILES string of the molecule is CCCc1nc(C(=O)NCc2cccc([N+](=O)[O-])c2)n[nH]1. The van der Waals surface area contributed by atoms with Gasteiger partial charge in [0.05, 0.1) is 4.92 Å². The number of carbonyl (C=O) groups is 1. The zero-order chi connectivity index (χ0) is 15.2. The van der Waals surface area contributed by atoms with E-state index in [0.717, 1.165) is 12.8 Å². The molecule has 0 saturated carbocycles. The zero-order valence-corrected chi connectivity index (χ0v) is 11.5. The van der Waals surface area contributed by atoms with Gasteiger partial charge in [-0.2, -0.15) is 0 Å². The van der Waals surface area contributed by atoms with Gasteiger partial charge < -0.3 is 5.32 Å². The molecule has 0 saturated heterocycles. The van der Waals surface area contributed by atoms with E-state index in [9.17, 15) is 14.9 Å². The lowest BCUT2D eigenvalue weighted by Gasteiger charge is -2.02. The molecular weight excluding hydrogens is 274 g/mol. The Hall–Kier alpha value is -2.77. The Kier molecular flexibility index (Phi) is 4.60. The molecular formula is C13H15N5O3. The highest BCUT2D eigenvalue weighted by Crippen LogP contribution is 2.12. The molecule has 2 aromatic rings. The van der Waals surface area contributed by atoms with E-state index >= 15 is 0 Å². The number of nitrogens with one attached hydrogen (secondary N) is 2. The van der Waals surface area contributed by atoms with Gasteiger partial charge >= 0.3 is 0 Å². The average Bonchev–Trinajstić information content (AvgIpc) is 2.94. The van der Waals surface area contributed by atoms with Gasteiger partial charge in [-0.05, 0) is 12.0 Å². The van der Waals surface area contributed by atoms with E-state index in [2.05, 4.69) is 20.5 Å². The molecule has 8 heteroatoms. The number of aromatic nitrogens is 3. The third kappa shape index (κ3) is 3.85. The molecule has 0 unspecified atom stereocenters. The Balaban J connectivity index is 1.97. The molecule has 1 amide bonds. The molecule has 0 bridgehead atoms. The van der Waals surface area contributed by atoms with Crippen molar-refractivity contribution in [3.63, 3.8) is 0 Å². The largest absolute Gasteiger partial charge is 0.345 e. The number of hydrogen-bond acceptors (Lipinski definition) is 5. The van der Waals surface area contributed by atoms with Crippen LogP contribution in [-0.2, 0) is 13.0 Å². The Morgan fingerprint density at radius 2 is 2.29 bits per heavy atom. The van der Waals surface area contributed by atoms with Crippen LogP contribution in [-0.4, -0.2) is 26.0 Å². The van der Waals surface area contributed by atoms with Crippen molar-refractivity contribution in [3.05, 3.63) is 51.6 Å². The van der Waals surface area contributed by atoms with Gasteiger partial charge in [-0.25, -0.2) is 4.98 Å². The molecule has 21 heavy (non-hydrogen) atoms. The Labute approximate surface area is 120 Å². The van der Waals surface area contributed by atoms with Crippen LogP contribution in [0.15, 0.2) is 24.3 Å². The number of carbonyl (C=O) groups excluding carboxylic acids is 1. The minimum atomic E-state index is -0.475. The summed E-state index contributed by atoms with van der Waals surface area (Å²) in [4.78, 5) is 26.1. The van der Waals surface area contributed by atoms with Crippen molar-refractivity contribution in [3.8, 4) is 0 Å². The molecule has 1 aromatic heterocycles. The molecule has 110 valence electrons. The van der Waals surface area contributed by atoms with Crippen molar-refractivity contribution in [2.45, 2.75) is 26.3 Å². The normalized spacial score (nSPS) is 10.3. The van der Waals surface area contributed by atoms with Gasteiger partial charge in [0.15, 0.2) is 0 Å². The predicted molar refractivity (Wildman–Crippen MR) is 74.6 cm³/mol. The van der Waals surface area contributed by atoms with E-state index < -0.39 is 10.8 Å². The van der Waals surface area contributed by atoms with Crippen LogP contribution in [0.1, 0.15) is 35.4 Å². The first-order valence-electron chi connectivity index (χ1n) is 6.53. The third-order valence-corrected chi connectivity index (χ3v) is 2.80. The van der Waals surface area contributed by atoms with E-state index in [1.165, 1.54) is 12.1 Å². The quantitative estimate of drug-likeness (QED) is 0.619. The lowest BCUT2D eigenvalue weighted by atomic mass is 10.2. The van der Waals surface area contributed by atoms with Crippen LogP contribution in [0.3, 0.4) is 0 Å². The number of aromatic amines is 1. The van der Waals surface area contributed by atoms with Gasteiger partial charge in [-0.3, -0.25) is 20.0 Å². The van der Waals surface area contributed by atoms with Gasteiger partial charge in [0.25, 0.3) is 11.6 Å². The maximum atomic E-state index is 11.9. The van der Waals surface area contributed by atoms with Crippen molar-refractivity contribution in [1.82, 2.24) is 20.5 Å². The summed E-state index contributed by atoms with van der Waals surface area (Å²) in [5, 5.41) is 19.8. The Bertz CT molecular complexity index is 653. The molecule has 0 spiro atoms. The summed E-state index contributed by atoms with van der Waals surface area (Å²) in [5.41, 5.74) is 0.631. The monoisotopic (exact) mass is 289 g/mol. The molecule has 0 atom stereocenters. The molecule has 8 nitrogen and oxygen atoms in total. The average molecular weight is 289 g/mol. The maximum Gasteiger partial charge on any atom is 0.291 e. The molecule has 1 heterocycles. The van der Waals surface area contributed by atoms with Crippen molar-refractivity contribution in [2.24, 2.45) is 0 Å². The van der Waals surface area contributed by atoms with E-state index in [-0.39, 0.29) is 18.1 Å². The lowest BCUT2D eigenvalue weighted by Crippen LogP contribution is -2.24. The van der Waals surface area contributed by atoms with Crippen LogP contribution in [0.2, 0.25) is 0 Å². The number of nitro benzene ring substituents is 1. The molecule has 0 radical (unpaired) electrons. The van der Waals surface area contributed by atoms with E-state index in [1.807, 2.05) is 6.92 Å². The number of benzene rings is 1. The number of amides is 1. The summed E-state index contributed by atoms with van der Waals surface area (Å²) >= 11 is 0. The first-order valence-corrected chi connectivity index (χ1v) is 6.53. The first-order chi connectivity index (χ1) is 10.1. The highest BCUT2D eigenvalue weighted by Gasteiger charge is 2.12. The number of nitrogens with zero attached hydrogens (tertiary/aromatic N) is 3. The minimum Gasteiger partial charge on any atom is -0.345 e. The Morgan fingerprint density at radius 3 is 3.00 bits per heavy atom. The highest BCUT2D eigenvalue weighted by atomic mass is 16.6. The van der Waals surface area contributed by atoms with Gasteiger partial charge in [-0.1, -0.05) is 19.1 Å². The third-order valence-electron chi connectivity index (χ3n) is 2.80. The van der Waals surface area contributed by atoms with Gasteiger partial charge in [-0.15, -0.1) is 5.10 Å². The second-order valence-electron chi connectivity index (χ2n) is 4.47. The van der Waals surface area contributed by atoms with E-state index in [1.54, 1.807) is 12.1 Å².